The number of nitrogens with zero attached hydrogens (tertiary/aromatic N) is 1. The van der Waals surface area contributed by atoms with E-state index in [1.807, 2.05) is 0 Å². The van der Waals surface area contributed by atoms with E-state index >= 15 is 0 Å². The van der Waals surface area contributed by atoms with E-state index < -0.39 is 22.9 Å². The lowest BCUT2D eigenvalue weighted by Gasteiger charge is -2.12. The van der Waals surface area contributed by atoms with Crippen molar-refractivity contribution in [2.24, 2.45) is 5.73 Å². The lowest BCUT2D eigenvalue weighted by Crippen LogP contribution is -2.31. The number of anilines is 1. The lowest BCUT2D eigenvalue weighted by atomic mass is 10.1. The van der Waals surface area contributed by atoms with E-state index in [-0.39, 0.29) is 28.2 Å². The molecule has 0 bridgehead atoms. The predicted octanol–water partition coefficient (Wildman–Crippen LogP) is 2.04. The standard InChI is InChI=1S/C15H21N3O6.BrH/c1-23-14(19)11-9-10(18(21)22)6-7-13(11)17-8-4-3-5-12(16)15(20)24-2;/h6-7,9,12,17H,3-5,8,16H2,1-2H3;1H. The monoisotopic (exact) mass is 419 g/mol. The SMILES string of the molecule is Br.COC(=O)c1cc([N+](=O)[O-])ccc1NCCCCC(N)C(=O)OC. The average molecular weight is 420 g/mol. The summed E-state index contributed by atoms with van der Waals surface area (Å²) in [5.74, 6) is -1.11. The Morgan fingerprint density at radius 3 is 2.52 bits per heavy atom. The molecule has 1 aromatic carbocycles. The van der Waals surface area contributed by atoms with E-state index in [1.165, 1.54) is 32.4 Å². The molecule has 0 aliphatic rings. The van der Waals surface area contributed by atoms with Gasteiger partial charge < -0.3 is 20.5 Å². The van der Waals surface area contributed by atoms with Crippen LogP contribution >= 0.6 is 17.0 Å². The number of benzene rings is 1. The molecule has 1 rings (SSSR count). The minimum atomic E-state index is -0.658. The van der Waals surface area contributed by atoms with Crippen LogP contribution in [0.4, 0.5) is 11.4 Å². The number of ether oxygens (including phenoxy) is 2. The molecule has 0 heterocycles. The first kappa shape index (κ1) is 22.8. The number of nitro benzene ring substituents is 1. The van der Waals surface area contributed by atoms with Crippen molar-refractivity contribution in [3.8, 4) is 0 Å². The summed E-state index contributed by atoms with van der Waals surface area (Å²) in [7, 11) is 2.49. The second-order valence-electron chi connectivity index (χ2n) is 5.03. The molecule has 0 saturated carbocycles. The fourth-order valence-corrected chi connectivity index (χ4v) is 2.06. The summed E-state index contributed by atoms with van der Waals surface area (Å²) in [5, 5.41) is 13.8. The molecule has 1 atom stereocenters. The van der Waals surface area contributed by atoms with Crippen LogP contribution in [0.15, 0.2) is 18.2 Å². The number of methoxy groups -OCH3 is 2. The summed E-state index contributed by atoms with van der Waals surface area (Å²) in [6, 6.07) is 3.29. The number of esters is 2. The summed E-state index contributed by atoms with van der Waals surface area (Å²) in [6.45, 7) is 0.510. The largest absolute Gasteiger partial charge is 0.468 e. The van der Waals surface area contributed by atoms with Gasteiger partial charge in [0.15, 0.2) is 0 Å². The maximum absolute atomic E-state index is 11.7. The maximum Gasteiger partial charge on any atom is 0.340 e. The predicted molar refractivity (Wildman–Crippen MR) is 97.1 cm³/mol. The van der Waals surface area contributed by atoms with E-state index in [0.717, 1.165) is 0 Å². The zero-order valence-electron chi connectivity index (χ0n) is 14.0. The van der Waals surface area contributed by atoms with Gasteiger partial charge in [-0.25, -0.2) is 4.79 Å². The van der Waals surface area contributed by atoms with Gasteiger partial charge in [0.05, 0.1) is 24.7 Å². The summed E-state index contributed by atoms with van der Waals surface area (Å²) in [5.41, 5.74) is 5.98. The molecule has 140 valence electrons. The van der Waals surface area contributed by atoms with E-state index in [9.17, 15) is 19.7 Å². The van der Waals surface area contributed by atoms with Crippen LogP contribution in [-0.2, 0) is 14.3 Å². The molecular formula is C15H22BrN3O6. The fourth-order valence-electron chi connectivity index (χ4n) is 2.06. The summed E-state index contributed by atoms with van der Waals surface area (Å²) < 4.78 is 9.18. The molecule has 25 heavy (non-hydrogen) atoms. The molecule has 9 nitrogen and oxygen atoms in total. The van der Waals surface area contributed by atoms with E-state index in [4.69, 9.17) is 5.73 Å². The highest BCUT2D eigenvalue weighted by atomic mass is 79.9. The topological polar surface area (TPSA) is 134 Å². The Morgan fingerprint density at radius 2 is 1.96 bits per heavy atom. The van der Waals surface area contributed by atoms with Crippen molar-refractivity contribution in [2.75, 3.05) is 26.1 Å². The Balaban J connectivity index is 0.00000576. The Labute approximate surface area is 155 Å². The van der Waals surface area contributed by atoms with Crippen LogP contribution in [0.25, 0.3) is 0 Å². The second-order valence-corrected chi connectivity index (χ2v) is 5.03. The molecule has 0 amide bonds. The third-order valence-corrected chi connectivity index (χ3v) is 3.38. The molecule has 0 aliphatic carbocycles. The third kappa shape index (κ3) is 7.06. The van der Waals surface area contributed by atoms with Crippen LogP contribution in [0.5, 0.6) is 0 Å². The first-order valence-electron chi connectivity index (χ1n) is 7.34. The fraction of sp³-hybridized carbons (Fsp3) is 0.467. The number of carbonyl (C=O) groups excluding carboxylic acids is 2. The van der Waals surface area contributed by atoms with Crippen molar-refractivity contribution in [3.63, 3.8) is 0 Å². The number of hydrogen-bond acceptors (Lipinski definition) is 8. The number of nitrogens with two attached hydrogens (primary N) is 1. The molecular weight excluding hydrogens is 398 g/mol. The van der Waals surface area contributed by atoms with Crippen molar-refractivity contribution in [1.29, 1.82) is 0 Å². The molecule has 0 radical (unpaired) electrons. The summed E-state index contributed by atoms with van der Waals surface area (Å²) >= 11 is 0. The molecule has 0 spiro atoms. The number of nitrogens with one attached hydrogen (secondary N) is 1. The van der Waals surface area contributed by atoms with Crippen LogP contribution in [0.1, 0.15) is 29.6 Å². The van der Waals surface area contributed by atoms with Gasteiger partial charge in [0.2, 0.25) is 0 Å². The number of non-ortho nitro benzene ring substituents is 1. The number of hydrogen-bond donors (Lipinski definition) is 2. The van der Waals surface area contributed by atoms with Gasteiger partial charge >= 0.3 is 11.9 Å². The first-order chi connectivity index (χ1) is 11.4. The molecule has 1 aromatic rings. The maximum atomic E-state index is 11.7. The van der Waals surface area contributed by atoms with Gasteiger partial charge in [0, 0.05) is 24.4 Å². The Kier molecular flexibility index (Phi) is 10.4. The van der Waals surface area contributed by atoms with Crippen molar-refractivity contribution in [1.82, 2.24) is 0 Å². The first-order valence-corrected chi connectivity index (χ1v) is 7.34. The van der Waals surface area contributed by atoms with Gasteiger partial charge in [-0.2, -0.15) is 0 Å². The zero-order valence-corrected chi connectivity index (χ0v) is 15.7. The van der Waals surface area contributed by atoms with E-state index in [0.29, 0.717) is 31.5 Å². The summed E-state index contributed by atoms with van der Waals surface area (Å²) in [4.78, 5) is 33.1. The summed E-state index contributed by atoms with van der Waals surface area (Å²) in [6.07, 6.45) is 1.87. The number of halogens is 1. The Morgan fingerprint density at radius 1 is 1.28 bits per heavy atom. The molecule has 0 saturated heterocycles. The highest BCUT2D eigenvalue weighted by Crippen LogP contribution is 2.23. The van der Waals surface area contributed by atoms with Crippen LogP contribution < -0.4 is 11.1 Å². The van der Waals surface area contributed by atoms with Crippen molar-refractivity contribution >= 4 is 40.3 Å². The molecule has 3 N–H and O–H groups in total. The van der Waals surface area contributed by atoms with Crippen molar-refractivity contribution in [3.05, 3.63) is 33.9 Å². The number of carbonyl (C=O) groups is 2. The molecule has 0 aromatic heterocycles. The van der Waals surface area contributed by atoms with Gasteiger partial charge in [0.25, 0.3) is 5.69 Å². The second kappa shape index (κ2) is 11.4. The lowest BCUT2D eigenvalue weighted by molar-refractivity contribution is -0.384. The van der Waals surface area contributed by atoms with Crippen LogP contribution in [-0.4, -0.2) is 43.7 Å². The van der Waals surface area contributed by atoms with Crippen molar-refractivity contribution < 1.29 is 24.0 Å². The highest BCUT2D eigenvalue weighted by Gasteiger charge is 2.17. The minimum absolute atomic E-state index is 0. The van der Waals surface area contributed by atoms with Crippen molar-refractivity contribution in [2.45, 2.75) is 25.3 Å². The smallest absolute Gasteiger partial charge is 0.340 e. The number of nitro groups is 1. The zero-order chi connectivity index (χ0) is 18.1. The molecule has 1 unspecified atom stereocenters. The third-order valence-electron chi connectivity index (χ3n) is 3.38. The van der Waals surface area contributed by atoms with E-state index in [1.54, 1.807) is 0 Å². The van der Waals surface area contributed by atoms with Gasteiger partial charge in [-0.15, -0.1) is 17.0 Å². The number of rotatable bonds is 9. The van der Waals surface area contributed by atoms with Gasteiger partial charge in [0.1, 0.15) is 6.04 Å². The quantitative estimate of drug-likeness (QED) is 0.268. The van der Waals surface area contributed by atoms with Gasteiger partial charge in [-0.05, 0) is 25.3 Å². The molecule has 0 fully saturated rings. The van der Waals surface area contributed by atoms with Crippen LogP contribution in [0.2, 0.25) is 0 Å². The highest BCUT2D eigenvalue weighted by molar-refractivity contribution is 8.93. The Bertz CT molecular complexity index is 611. The minimum Gasteiger partial charge on any atom is -0.468 e. The molecule has 10 heteroatoms. The molecule has 0 aliphatic heterocycles. The average Bonchev–Trinajstić information content (AvgIpc) is 2.59. The van der Waals surface area contributed by atoms with E-state index in [2.05, 4.69) is 14.8 Å². The van der Waals surface area contributed by atoms with Crippen LogP contribution in [0, 0.1) is 10.1 Å². The number of unbranched alkanes of at least 4 members (excludes halogenated alkanes) is 1. The normalized spacial score (nSPS) is 11.0. The van der Waals surface area contributed by atoms with Gasteiger partial charge in [-0.3, -0.25) is 14.9 Å². The van der Waals surface area contributed by atoms with Gasteiger partial charge in [-0.1, -0.05) is 0 Å². The van der Waals surface area contributed by atoms with Crippen LogP contribution in [0.3, 0.4) is 0 Å². The Hall–Kier alpha value is -2.20.